The third-order valence-electron chi connectivity index (χ3n) is 3.39. The number of amides is 1. The zero-order valence-electron chi connectivity index (χ0n) is 14.5. The van der Waals surface area contributed by atoms with Crippen LogP contribution >= 0.6 is 22.6 Å². The molecule has 0 spiro atoms. The van der Waals surface area contributed by atoms with Crippen LogP contribution in [-0.4, -0.2) is 39.8 Å². The number of hydrogen-bond donors (Lipinski definition) is 1. The SMILES string of the molecule is COc1ccc(C(=O)OCC(=O)Nc2ccc(I)cc2)c(OC)c1OC. The average molecular weight is 471 g/mol. The molecule has 2 rings (SSSR count). The number of ether oxygens (including phenoxy) is 4. The van der Waals surface area contributed by atoms with Crippen molar-refractivity contribution in [3.05, 3.63) is 45.5 Å². The van der Waals surface area contributed by atoms with Crippen LogP contribution in [-0.2, 0) is 9.53 Å². The maximum absolute atomic E-state index is 12.3. The summed E-state index contributed by atoms with van der Waals surface area (Å²) >= 11 is 2.17. The van der Waals surface area contributed by atoms with Gasteiger partial charge in [-0.25, -0.2) is 4.79 Å². The number of nitrogens with one attached hydrogen (secondary N) is 1. The number of anilines is 1. The van der Waals surface area contributed by atoms with E-state index in [1.54, 1.807) is 18.2 Å². The number of hydrogen-bond acceptors (Lipinski definition) is 6. The third kappa shape index (κ3) is 4.78. The van der Waals surface area contributed by atoms with Gasteiger partial charge in [0.1, 0.15) is 5.56 Å². The van der Waals surface area contributed by atoms with E-state index in [-0.39, 0.29) is 17.1 Å². The molecule has 2 aromatic rings. The maximum atomic E-state index is 12.3. The second kappa shape index (κ2) is 9.27. The van der Waals surface area contributed by atoms with Gasteiger partial charge in [-0.3, -0.25) is 4.79 Å². The van der Waals surface area contributed by atoms with Gasteiger partial charge >= 0.3 is 5.97 Å². The highest BCUT2D eigenvalue weighted by atomic mass is 127. The highest BCUT2D eigenvalue weighted by Gasteiger charge is 2.22. The van der Waals surface area contributed by atoms with E-state index in [1.807, 2.05) is 12.1 Å². The Morgan fingerprint density at radius 2 is 1.58 bits per heavy atom. The summed E-state index contributed by atoms with van der Waals surface area (Å²) in [6.07, 6.45) is 0. The monoisotopic (exact) mass is 471 g/mol. The number of methoxy groups -OCH3 is 3. The molecule has 0 unspecified atom stereocenters. The molecule has 0 heterocycles. The van der Waals surface area contributed by atoms with Gasteiger partial charge in [0.2, 0.25) is 5.75 Å². The van der Waals surface area contributed by atoms with Crippen molar-refractivity contribution in [3.8, 4) is 17.2 Å². The molecule has 0 aromatic heterocycles. The van der Waals surface area contributed by atoms with E-state index < -0.39 is 18.5 Å². The highest BCUT2D eigenvalue weighted by molar-refractivity contribution is 14.1. The molecule has 0 radical (unpaired) electrons. The minimum Gasteiger partial charge on any atom is -0.493 e. The molecule has 0 aliphatic rings. The molecule has 0 fully saturated rings. The predicted molar refractivity (Wildman–Crippen MR) is 104 cm³/mol. The molecule has 7 nitrogen and oxygen atoms in total. The van der Waals surface area contributed by atoms with Crippen molar-refractivity contribution in [1.82, 2.24) is 0 Å². The first-order chi connectivity index (χ1) is 12.5. The van der Waals surface area contributed by atoms with Crippen LogP contribution in [0.4, 0.5) is 5.69 Å². The lowest BCUT2D eigenvalue weighted by atomic mass is 10.1. The second-order valence-electron chi connectivity index (χ2n) is 5.01. The quantitative estimate of drug-likeness (QED) is 0.494. The Bertz CT molecular complexity index is 791. The lowest BCUT2D eigenvalue weighted by Crippen LogP contribution is -2.21. The van der Waals surface area contributed by atoms with Crippen molar-refractivity contribution < 1.29 is 28.5 Å². The summed E-state index contributed by atoms with van der Waals surface area (Å²) in [6, 6.07) is 10.3. The summed E-state index contributed by atoms with van der Waals surface area (Å²) in [6.45, 7) is -0.428. The Balaban J connectivity index is 2.05. The third-order valence-corrected chi connectivity index (χ3v) is 4.11. The number of carbonyl (C=O) groups is 2. The molecule has 2 aromatic carbocycles. The minimum absolute atomic E-state index is 0.132. The lowest BCUT2D eigenvalue weighted by Gasteiger charge is -2.15. The standard InChI is InChI=1S/C18H18INO6/c1-23-14-9-8-13(16(24-2)17(14)25-3)18(22)26-10-15(21)20-12-6-4-11(19)5-7-12/h4-9H,10H2,1-3H3,(H,20,21). The van der Waals surface area contributed by atoms with Gasteiger partial charge in [0, 0.05) is 9.26 Å². The van der Waals surface area contributed by atoms with E-state index in [4.69, 9.17) is 18.9 Å². The fourth-order valence-corrected chi connectivity index (χ4v) is 2.56. The smallest absolute Gasteiger partial charge is 0.342 e. The first kappa shape index (κ1) is 19.8. The molecule has 8 heteroatoms. The van der Waals surface area contributed by atoms with Gasteiger partial charge in [0.25, 0.3) is 5.91 Å². The van der Waals surface area contributed by atoms with E-state index in [9.17, 15) is 9.59 Å². The van der Waals surface area contributed by atoms with Crippen molar-refractivity contribution in [2.24, 2.45) is 0 Å². The van der Waals surface area contributed by atoms with Crippen LogP contribution in [0.1, 0.15) is 10.4 Å². The Morgan fingerprint density at radius 3 is 2.15 bits per heavy atom. The van der Waals surface area contributed by atoms with Crippen molar-refractivity contribution in [3.63, 3.8) is 0 Å². The molecule has 26 heavy (non-hydrogen) atoms. The van der Waals surface area contributed by atoms with E-state index in [2.05, 4.69) is 27.9 Å². The molecule has 1 N–H and O–H groups in total. The summed E-state index contributed by atoms with van der Waals surface area (Å²) in [5.41, 5.74) is 0.752. The zero-order valence-corrected chi connectivity index (χ0v) is 16.7. The zero-order chi connectivity index (χ0) is 19.1. The number of esters is 1. The molecular formula is C18H18INO6. The van der Waals surface area contributed by atoms with Crippen LogP contribution in [0.2, 0.25) is 0 Å². The summed E-state index contributed by atoms with van der Waals surface area (Å²) in [4.78, 5) is 24.3. The molecule has 0 bridgehead atoms. The van der Waals surface area contributed by atoms with E-state index in [0.29, 0.717) is 11.4 Å². The molecule has 0 atom stereocenters. The first-order valence-electron chi connectivity index (χ1n) is 7.51. The Kier molecular flexibility index (Phi) is 7.07. The number of benzene rings is 2. The molecule has 0 saturated heterocycles. The van der Waals surface area contributed by atoms with Crippen LogP contribution in [0.15, 0.2) is 36.4 Å². The van der Waals surface area contributed by atoms with Crippen LogP contribution in [0, 0.1) is 3.57 Å². The van der Waals surface area contributed by atoms with Crippen molar-refractivity contribution in [2.45, 2.75) is 0 Å². The van der Waals surface area contributed by atoms with Crippen molar-refractivity contribution in [1.29, 1.82) is 0 Å². The van der Waals surface area contributed by atoms with Gasteiger partial charge in [-0.15, -0.1) is 0 Å². The Labute approximate surface area is 164 Å². The second-order valence-corrected chi connectivity index (χ2v) is 6.26. The van der Waals surface area contributed by atoms with E-state index in [1.165, 1.54) is 27.4 Å². The molecular weight excluding hydrogens is 453 g/mol. The summed E-state index contributed by atoms with van der Waals surface area (Å²) in [7, 11) is 4.31. The first-order valence-corrected chi connectivity index (χ1v) is 8.59. The molecule has 0 aliphatic carbocycles. The molecule has 0 aliphatic heterocycles. The fourth-order valence-electron chi connectivity index (χ4n) is 2.20. The van der Waals surface area contributed by atoms with Crippen molar-refractivity contribution in [2.75, 3.05) is 33.3 Å². The molecule has 138 valence electrons. The van der Waals surface area contributed by atoms with E-state index >= 15 is 0 Å². The van der Waals surface area contributed by atoms with Gasteiger partial charge in [0.15, 0.2) is 18.1 Å². The lowest BCUT2D eigenvalue weighted by molar-refractivity contribution is -0.119. The normalized spacial score (nSPS) is 10.0. The predicted octanol–water partition coefficient (Wildman–Crippen LogP) is 3.11. The topological polar surface area (TPSA) is 83.1 Å². The van der Waals surface area contributed by atoms with Gasteiger partial charge in [0.05, 0.1) is 21.3 Å². The summed E-state index contributed by atoms with van der Waals surface area (Å²) in [5.74, 6) is -0.292. The Hall–Kier alpha value is -2.49. The van der Waals surface area contributed by atoms with Crippen LogP contribution < -0.4 is 19.5 Å². The summed E-state index contributed by atoms with van der Waals surface area (Å²) in [5, 5.41) is 2.65. The maximum Gasteiger partial charge on any atom is 0.342 e. The van der Waals surface area contributed by atoms with Crippen LogP contribution in [0.25, 0.3) is 0 Å². The number of rotatable bonds is 7. The highest BCUT2D eigenvalue weighted by Crippen LogP contribution is 2.39. The van der Waals surface area contributed by atoms with Gasteiger partial charge in [-0.2, -0.15) is 0 Å². The summed E-state index contributed by atoms with van der Waals surface area (Å²) < 4.78 is 21.7. The van der Waals surface area contributed by atoms with Gasteiger partial charge in [-0.1, -0.05) is 0 Å². The number of halogens is 1. The Morgan fingerprint density at radius 1 is 0.923 bits per heavy atom. The largest absolute Gasteiger partial charge is 0.493 e. The average Bonchev–Trinajstić information content (AvgIpc) is 2.66. The van der Waals surface area contributed by atoms with Crippen LogP contribution in [0.3, 0.4) is 0 Å². The molecule has 0 saturated carbocycles. The van der Waals surface area contributed by atoms with Crippen molar-refractivity contribution >= 4 is 40.2 Å². The molecule has 1 amide bonds. The van der Waals surface area contributed by atoms with E-state index in [0.717, 1.165) is 3.57 Å². The van der Waals surface area contributed by atoms with Gasteiger partial charge < -0.3 is 24.3 Å². The van der Waals surface area contributed by atoms with Crippen LogP contribution in [0.5, 0.6) is 17.2 Å². The fraction of sp³-hybridized carbons (Fsp3) is 0.222. The minimum atomic E-state index is -0.708. The van der Waals surface area contributed by atoms with Gasteiger partial charge in [-0.05, 0) is 59.0 Å². The number of carbonyl (C=O) groups excluding carboxylic acids is 2.